The van der Waals surface area contributed by atoms with Crippen molar-refractivity contribution in [2.45, 2.75) is 12.5 Å². The van der Waals surface area contributed by atoms with Crippen molar-refractivity contribution in [2.24, 2.45) is 5.92 Å². The largest absolute Gasteiger partial charge is 0.273 e. The van der Waals surface area contributed by atoms with Gasteiger partial charge in [0.05, 0.1) is 18.4 Å². The second-order valence-electron chi connectivity index (χ2n) is 5.86. The van der Waals surface area contributed by atoms with E-state index >= 15 is 0 Å². The molecule has 25 heavy (non-hydrogen) atoms. The molecule has 7 heteroatoms. The first-order valence-electron chi connectivity index (χ1n) is 8.00. The molecule has 1 saturated heterocycles. The molecule has 2 amide bonds. The molecule has 1 aliphatic heterocycles. The van der Waals surface area contributed by atoms with E-state index in [4.69, 9.17) is 0 Å². The molecule has 0 aliphatic carbocycles. The van der Waals surface area contributed by atoms with E-state index < -0.39 is 0 Å². The Morgan fingerprint density at radius 3 is 2.48 bits per heavy atom. The minimum absolute atomic E-state index is 0.0594. The average molecular weight is 342 g/mol. The van der Waals surface area contributed by atoms with Crippen LogP contribution in [0.3, 0.4) is 0 Å². The lowest BCUT2D eigenvalue weighted by Gasteiger charge is -2.18. The molecule has 0 aromatic heterocycles. The van der Waals surface area contributed by atoms with Gasteiger partial charge in [-0.25, -0.2) is 9.82 Å². The molecule has 3 rings (SSSR count). The third-order valence-corrected chi connectivity index (χ3v) is 4.08. The number of carbonyl (C=O) groups excluding carboxylic acids is 2. The molecule has 0 radical (unpaired) electrons. The third kappa shape index (κ3) is 4.40. The fourth-order valence-corrected chi connectivity index (χ4v) is 2.77. The van der Waals surface area contributed by atoms with Crippen molar-refractivity contribution in [3.05, 3.63) is 71.5 Å². The van der Waals surface area contributed by atoms with E-state index in [-0.39, 0.29) is 36.0 Å². The van der Waals surface area contributed by atoms with Crippen LogP contribution in [0.2, 0.25) is 0 Å². The van der Waals surface area contributed by atoms with E-state index in [2.05, 4.69) is 21.7 Å². The van der Waals surface area contributed by atoms with Crippen LogP contribution in [-0.2, 0) is 16.0 Å². The van der Waals surface area contributed by atoms with E-state index in [1.807, 2.05) is 30.3 Å². The number of carbonyl (C=O) groups is 2. The van der Waals surface area contributed by atoms with Crippen LogP contribution in [-0.4, -0.2) is 18.4 Å². The van der Waals surface area contributed by atoms with Gasteiger partial charge in [0.2, 0.25) is 11.8 Å². The van der Waals surface area contributed by atoms with Crippen LogP contribution in [0.1, 0.15) is 17.2 Å². The molecule has 2 aromatic rings. The van der Waals surface area contributed by atoms with Gasteiger partial charge < -0.3 is 0 Å². The zero-order chi connectivity index (χ0) is 17.6. The van der Waals surface area contributed by atoms with E-state index in [0.717, 1.165) is 5.56 Å². The summed E-state index contributed by atoms with van der Waals surface area (Å²) in [6.45, 7) is 0.458. The molecule has 1 aliphatic rings. The van der Waals surface area contributed by atoms with Crippen molar-refractivity contribution < 1.29 is 14.0 Å². The van der Waals surface area contributed by atoms with Crippen LogP contribution in [0.25, 0.3) is 0 Å². The minimum atomic E-state index is -0.366. The van der Waals surface area contributed by atoms with Crippen molar-refractivity contribution >= 4 is 11.8 Å². The Hall–Kier alpha value is -2.77. The van der Waals surface area contributed by atoms with Gasteiger partial charge in [-0.05, 0) is 23.3 Å². The zero-order valence-corrected chi connectivity index (χ0v) is 13.5. The Morgan fingerprint density at radius 1 is 1.04 bits per heavy atom. The number of amides is 2. The Balaban J connectivity index is 1.53. The second kappa shape index (κ2) is 7.87. The van der Waals surface area contributed by atoms with Crippen molar-refractivity contribution in [3.8, 4) is 0 Å². The smallest absolute Gasteiger partial charge is 0.244 e. The van der Waals surface area contributed by atoms with E-state index in [9.17, 15) is 14.0 Å². The summed E-state index contributed by atoms with van der Waals surface area (Å²) in [5.41, 5.74) is 12.6. The molecule has 0 bridgehead atoms. The lowest BCUT2D eigenvalue weighted by molar-refractivity contribution is -0.131. The van der Waals surface area contributed by atoms with Gasteiger partial charge in [-0.3, -0.25) is 25.9 Å². The molecule has 1 heterocycles. The Kier molecular flexibility index (Phi) is 5.37. The Morgan fingerprint density at radius 2 is 1.76 bits per heavy atom. The summed E-state index contributed by atoms with van der Waals surface area (Å²) in [6.07, 6.45) is 0.0594. The molecule has 4 N–H and O–H groups in total. The molecule has 2 unspecified atom stereocenters. The lowest BCUT2D eigenvalue weighted by Crippen LogP contribution is -2.46. The predicted octanol–water partition coefficient (Wildman–Crippen LogP) is 0.981. The highest BCUT2D eigenvalue weighted by molar-refractivity contribution is 5.85. The minimum Gasteiger partial charge on any atom is -0.273 e. The van der Waals surface area contributed by atoms with Gasteiger partial charge in [0.1, 0.15) is 5.82 Å². The predicted molar refractivity (Wildman–Crippen MR) is 90.2 cm³/mol. The molecule has 2 aromatic carbocycles. The molecule has 2 atom stereocenters. The first kappa shape index (κ1) is 17.1. The fourth-order valence-electron chi connectivity index (χ4n) is 2.77. The molecular weight excluding hydrogens is 323 g/mol. The monoisotopic (exact) mass is 342 g/mol. The fraction of sp³-hybridized carbons (Fsp3) is 0.222. The quantitative estimate of drug-likeness (QED) is 0.625. The van der Waals surface area contributed by atoms with Crippen LogP contribution in [0.5, 0.6) is 0 Å². The van der Waals surface area contributed by atoms with Crippen molar-refractivity contribution in [3.63, 3.8) is 0 Å². The summed E-state index contributed by atoms with van der Waals surface area (Å²) in [5, 5.41) is 0. The number of rotatable bonds is 4. The van der Waals surface area contributed by atoms with Gasteiger partial charge in [-0.2, -0.15) is 0 Å². The summed E-state index contributed by atoms with van der Waals surface area (Å²) in [4.78, 5) is 24.3. The molecule has 0 saturated carbocycles. The first-order chi connectivity index (χ1) is 12.1. The first-order valence-corrected chi connectivity index (χ1v) is 8.00. The molecule has 130 valence electrons. The molecule has 1 fully saturated rings. The molecule has 6 nitrogen and oxygen atoms in total. The second-order valence-corrected chi connectivity index (χ2v) is 5.86. The summed E-state index contributed by atoms with van der Waals surface area (Å²) in [6, 6.07) is 15.1. The van der Waals surface area contributed by atoms with E-state index in [0.29, 0.717) is 12.1 Å². The SMILES string of the molecule is O=C(Cc1ccc(F)cc1)NNC(=O)C1CNNC1c1ccccc1. The number of hydrogen-bond donors (Lipinski definition) is 4. The zero-order valence-electron chi connectivity index (χ0n) is 13.5. The summed E-state index contributed by atoms with van der Waals surface area (Å²) in [5.74, 6) is -1.35. The third-order valence-electron chi connectivity index (χ3n) is 4.08. The van der Waals surface area contributed by atoms with Crippen LogP contribution >= 0.6 is 0 Å². The highest BCUT2D eigenvalue weighted by atomic mass is 19.1. The standard InChI is InChI=1S/C18H19FN4O2/c19-14-8-6-12(7-9-14)10-16(24)21-23-18(25)15-11-20-22-17(15)13-4-2-1-3-5-13/h1-9,15,17,20,22H,10-11H2,(H,21,24)(H,23,25). The van der Waals surface area contributed by atoms with Gasteiger partial charge >= 0.3 is 0 Å². The number of halogens is 1. The summed E-state index contributed by atoms with van der Waals surface area (Å²) >= 11 is 0. The van der Waals surface area contributed by atoms with Crippen LogP contribution in [0, 0.1) is 11.7 Å². The van der Waals surface area contributed by atoms with E-state index in [1.165, 1.54) is 24.3 Å². The van der Waals surface area contributed by atoms with Gasteiger partial charge in [0.25, 0.3) is 0 Å². The molecular formula is C18H19FN4O2. The van der Waals surface area contributed by atoms with Crippen LogP contribution in [0.15, 0.2) is 54.6 Å². The highest BCUT2D eigenvalue weighted by Gasteiger charge is 2.33. The summed E-state index contributed by atoms with van der Waals surface area (Å²) < 4.78 is 12.9. The maximum absolute atomic E-state index is 12.9. The van der Waals surface area contributed by atoms with Crippen molar-refractivity contribution in [1.82, 2.24) is 21.7 Å². The lowest BCUT2D eigenvalue weighted by atomic mass is 9.94. The normalized spacial score (nSPS) is 19.4. The highest BCUT2D eigenvalue weighted by Crippen LogP contribution is 2.24. The van der Waals surface area contributed by atoms with Gasteiger partial charge in [0, 0.05) is 6.54 Å². The van der Waals surface area contributed by atoms with Gasteiger partial charge in [-0.15, -0.1) is 0 Å². The van der Waals surface area contributed by atoms with Gasteiger partial charge in [-0.1, -0.05) is 42.5 Å². The maximum Gasteiger partial charge on any atom is 0.244 e. The number of nitrogens with one attached hydrogen (secondary N) is 4. The number of benzene rings is 2. The van der Waals surface area contributed by atoms with E-state index in [1.54, 1.807) is 0 Å². The van der Waals surface area contributed by atoms with Crippen molar-refractivity contribution in [1.29, 1.82) is 0 Å². The molecule has 0 spiro atoms. The number of hydrogen-bond acceptors (Lipinski definition) is 4. The van der Waals surface area contributed by atoms with Crippen LogP contribution < -0.4 is 21.7 Å². The summed E-state index contributed by atoms with van der Waals surface area (Å²) in [7, 11) is 0. The van der Waals surface area contributed by atoms with Gasteiger partial charge in [0.15, 0.2) is 0 Å². The number of hydrazine groups is 2. The Labute approximate surface area is 144 Å². The maximum atomic E-state index is 12.9. The van der Waals surface area contributed by atoms with Crippen molar-refractivity contribution in [2.75, 3.05) is 6.54 Å². The topological polar surface area (TPSA) is 82.3 Å². The Bertz CT molecular complexity index is 737. The average Bonchev–Trinajstić information content (AvgIpc) is 3.12. The van der Waals surface area contributed by atoms with Crippen LogP contribution in [0.4, 0.5) is 4.39 Å².